The molecule has 4 aromatic carbocycles. The molecule has 5 N–H and O–H groups in total. The van der Waals surface area contributed by atoms with Crippen molar-refractivity contribution >= 4 is 64.1 Å². The Morgan fingerprint density at radius 3 is 1.94 bits per heavy atom. The van der Waals surface area contributed by atoms with E-state index in [4.69, 9.17) is 9.41 Å². The molecule has 0 saturated heterocycles. The van der Waals surface area contributed by atoms with Crippen LogP contribution in [0.2, 0.25) is 0 Å². The second kappa shape index (κ2) is 12.7. The van der Waals surface area contributed by atoms with Crippen LogP contribution in [0.4, 0.5) is 22.7 Å². The predicted molar refractivity (Wildman–Crippen MR) is 188 cm³/mol. The number of benzene rings is 5. The number of rotatable bonds is 8. The number of para-hydroxylation sites is 2. The van der Waals surface area contributed by atoms with E-state index in [1.54, 1.807) is 25.1 Å². The van der Waals surface area contributed by atoms with Crippen molar-refractivity contribution in [3.05, 3.63) is 107 Å². The van der Waals surface area contributed by atoms with E-state index in [2.05, 4.69) is 10.6 Å². The summed E-state index contributed by atoms with van der Waals surface area (Å²) in [6.45, 7) is 3.69. The molecule has 6 rings (SSSR count). The maximum atomic E-state index is 12.9. The Labute approximate surface area is 287 Å². The zero-order chi connectivity index (χ0) is 36.2. The fraction of sp³-hybridized carbons (Fsp3) is 0.0882. The smallest absolute Gasteiger partial charge is 0.296 e. The number of hydrogen-bond acceptors (Lipinski definition) is 10. The molecule has 0 unspecified atom stereocenters. The van der Waals surface area contributed by atoms with Crippen molar-refractivity contribution in [1.29, 1.82) is 0 Å². The summed E-state index contributed by atoms with van der Waals surface area (Å²) in [5.74, 6) is 0.213. The first-order valence-corrected chi connectivity index (χ1v) is 19.0. The van der Waals surface area contributed by atoms with Gasteiger partial charge in [-0.3, -0.25) is 13.7 Å². The number of nitrogens with zero attached hydrogens (tertiary/aromatic N) is 1. The number of hydrogen-bond donors (Lipinski definition) is 5. The summed E-state index contributed by atoms with van der Waals surface area (Å²) in [5, 5.41) is 6.06. The SMILES string of the molecule is CNc1c(Nc2cc3oc4cc(=Nc5ccccc5C)c(C)cc-4c(-c4ccccc4S(=O)(=O)O)c3cc2S(=O)(=O)O)cccc1S(=O)(=O)O. The molecule has 1 heterocycles. The van der Waals surface area contributed by atoms with E-state index >= 15 is 0 Å². The van der Waals surface area contributed by atoms with Crippen LogP contribution in [-0.2, 0) is 30.4 Å². The van der Waals surface area contributed by atoms with Crippen LogP contribution in [0.1, 0.15) is 11.1 Å². The highest BCUT2D eigenvalue weighted by molar-refractivity contribution is 7.86. The minimum absolute atomic E-state index is 0.00942. The molecule has 0 bridgehead atoms. The molecule has 2 aliphatic rings. The minimum atomic E-state index is -5.02. The lowest BCUT2D eigenvalue weighted by molar-refractivity contribution is 0.481. The monoisotopic (exact) mass is 735 g/mol. The molecule has 16 heteroatoms. The zero-order valence-electron chi connectivity index (χ0n) is 26.5. The molecule has 258 valence electrons. The second-order valence-electron chi connectivity index (χ2n) is 11.3. The van der Waals surface area contributed by atoms with Gasteiger partial charge in [-0.1, -0.05) is 42.5 Å². The van der Waals surface area contributed by atoms with Crippen molar-refractivity contribution in [2.45, 2.75) is 28.5 Å². The fourth-order valence-corrected chi connectivity index (χ4v) is 7.83. The number of anilines is 3. The van der Waals surface area contributed by atoms with Crippen LogP contribution in [0.25, 0.3) is 33.4 Å². The molecule has 0 saturated carbocycles. The average Bonchev–Trinajstić information content (AvgIpc) is 3.03. The second-order valence-corrected chi connectivity index (χ2v) is 15.5. The maximum absolute atomic E-state index is 12.9. The van der Waals surface area contributed by atoms with Gasteiger partial charge in [0.15, 0.2) is 0 Å². The molecule has 0 amide bonds. The molecular formula is C34H29N3O10S3. The average molecular weight is 736 g/mol. The van der Waals surface area contributed by atoms with Crippen molar-refractivity contribution in [3.8, 4) is 22.5 Å². The van der Waals surface area contributed by atoms with Gasteiger partial charge in [0.1, 0.15) is 26.0 Å². The molecule has 0 fully saturated rings. The van der Waals surface area contributed by atoms with Crippen LogP contribution in [0, 0.1) is 13.8 Å². The van der Waals surface area contributed by atoms with Gasteiger partial charge in [-0.25, -0.2) is 4.99 Å². The lowest BCUT2D eigenvalue weighted by atomic mass is 9.92. The van der Waals surface area contributed by atoms with Crippen LogP contribution in [0.15, 0.2) is 115 Å². The first kappa shape index (κ1) is 34.8. The van der Waals surface area contributed by atoms with Crippen LogP contribution < -0.4 is 16.0 Å². The number of aryl methyl sites for hydroxylation is 2. The highest BCUT2D eigenvalue weighted by Gasteiger charge is 2.27. The Hall–Kier alpha value is -5.10. The fourth-order valence-electron chi connectivity index (χ4n) is 5.75. The molecule has 50 heavy (non-hydrogen) atoms. The third-order valence-electron chi connectivity index (χ3n) is 8.03. The van der Waals surface area contributed by atoms with Gasteiger partial charge in [0.2, 0.25) is 0 Å². The van der Waals surface area contributed by atoms with Crippen molar-refractivity contribution in [2.75, 3.05) is 17.7 Å². The summed E-state index contributed by atoms with van der Waals surface area (Å²) in [5.41, 5.74) is 2.47. The van der Waals surface area contributed by atoms with E-state index in [0.29, 0.717) is 22.2 Å². The molecule has 1 aliphatic heterocycles. The van der Waals surface area contributed by atoms with Gasteiger partial charge in [-0.15, -0.1) is 0 Å². The Morgan fingerprint density at radius 1 is 0.640 bits per heavy atom. The van der Waals surface area contributed by atoms with Gasteiger partial charge in [0.25, 0.3) is 30.4 Å². The third-order valence-corrected chi connectivity index (χ3v) is 10.7. The summed E-state index contributed by atoms with van der Waals surface area (Å²) in [4.78, 5) is 3.16. The Morgan fingerprint density at radius 2 is 1.28 bits per heavy atom. The topological polar surface area (TPSA) is 213 Å². The molecule has 1 aliphatic carbocycles. The number of nitrogens with one attached hydrogen (secondary N) is 2. The molecule has 13 nitrogen and oxygen atoms in total. The summed E-state index contributed by atoms with van der Waals surface area (Å²) < 4.78 is 112. The van der Waals surface area contributed by atoms with Crippen molar-refractivity contribution < 1.29 is 43.3 Å². The van der Waals surface area contributed by atoms with Gasteiger partial charge in [0.05, 0.1) is 28.1 Å². The zero-order valence-corrected chi connectivity index (χ0v) is 29.0. The third kappa shape index (κ3) is 6.59. The summed E-state index contributed by atoms with van der Waals surface area (Å²) in [6.07, 6.45) is 0. The standard InChI is InChI=1S/C34H29N3O10S3/c1-19-9-4-6-11-24(19)36-26-17-28-22(15-20(26)2)33(21-10-5-7-13-30(21)48(38,39)40)23-16-32(50(44,45)46)27(18-29(23)47-28)37-25-12-8-14-31(34(25)35-3)49(41,42)43/h4-18,35,37H,1-3H3,(H,38,39,40)(H,41,42,43)(H,44,45,46). The Kier molecular flexibility index (Phi) is 8.80. The first-order valence-electron chi connectivity index (χ1n) is 14.7. The van der Waals surface area contributed by atoms with Gasteiger partial charge in [0, 0.05) is 41.3 Å². The highest BCUT2D eigenvalue weighted by Crippen LogP contribution is 2.45. The number of fused-ring (bicyclic) bond motifs is 2. The maximum Gasteiger partial charge on any atom is 0.296 e. The van der Waals surface area contributed by atoms with E-state index in [1.165, 1.54) is 43.4 Å². The van der Waals surface area contributed by atoms with Crippen LogP contribution >= 0.6 is 0 Å². The van der Waals surface area contributed by atoms with Gasteiger partial charge in [-0.2, -0.15) is 25.3 Å². The van der Waals surface area contributed by atoms with Crippen LogP contribution in [0.3, 0.4) is 0 Å². The van der Waals surface area contributed by atoms with E-state index in [-0.39, 0.29) is 44.9 Å². The molecule has 0 spiro atoms. The van der Waals surface area contributed by atoms with Crippen LogP contribution in [-0.4, -0.2) is 46.0 Å². The van der Waals surface area contributed by atoms with E-state index < -0.39 is 45.0 Å². The lowest BCUT2D eigenvalue weighted by Gasteiger charge is -2.20. The lowest BCUT2D eigenvalue weighted by Crippen LogP contribution is -2.10. The predicted octanol–water partition coefficient (Wildman–Crippen LogP) is 6.58. The highest BCUT2D eigenvalue weighted by atomic mass is 32.2. The quantitative estimate of drug-likeness (QED) is 0.0829. The summed E-state index contributed by atoms with van der Waals surface area (Å²) in [7, 11) is -13.1. The Bertz CT molecular complexity index is 2720. The normalized spacial score (nSPS) is 12.8. The van der Waals surface area contributed by atoms with Gasteiger partial charge in [-0.05, 0) is 61.4 Å². The van der Waals surface area contributed by atoms with E-state index in [9.17, 15) is 38.9 Å². The first-order chi connectivity index (χ1) is 23.5. The van der Waals surface area contributed by atoms with Crippen LogP contribution in [0.5, 0.6) is 0 Å². The Balaban J connectivity index is 1.74. The molecule has 4 aromatic rings. The molecular weight excluding hydrogens is 707 g/mol. The van der Waals surface area contributed by atoms with Gasteiger partial charge >= 0.3 is 0 Å². The van der Waals surface area contributed by atoms with Crippen molar-refractivity contribution in [2.24, 2.45) is 4.99 Å². The largest absolute Gasteiger partial charge is 0.456 e. The van der Waals surface area contributed by atoms with E-state index in [0.717, 1.165) is 17.7 Å². The molecule has 0 radical (unpaired) electrons. The molecule has 0 aromatic heterocycles. The summed E-state index contributed by atoms with van der Waals surface area (Å²) in [6, 6.07) is 22.6. The summed E-state index contributed by atoms with van der Waals surface area (Å²) >= 11 is 0. The van der Waals surface area contributed by atoms with Crippen molar-refractivity contribution in [1.82, 2.24) is 0 Å². The van der Waals surface area contributed by atoms with E-state index in [1.807, 2.05) is 31.2 Å². The van der Waals surface area contributed by atoms with Gasteiger partial charge < -0.3 is 15.1 Å². The van der Waals surface area contributed by atoms with Crippen molar-refractivity contribution in [3.63, 3.8) is 0 Å². The molecule has 0 atom stereocenters. The minimum Gasteiger partial charge on any atom is -0.456 e.